The van der Waals surface area contributed by atoms with Gasteiger partial charge < -0.3 is 44.5 Å². The lowest BCUT2D eigenvalue weighted by molar-refractivity contribution is -0.342. The topological polar surface area (TPSA) is 155 Å². The summed E-state index contributed by atoms with van der Waals surface area (Å²) in [6.45, 7) is 1.21. The van der Waals surface area contributed by atoms with E-state index in [1.807, 2.05) is 0 Å². The summed E-state index contributed by atoms with van der Waals surface area (Å²) in [7, 11) is 1.25. The van der Waals surface area contributed by atoms with Gasteiger partial charge in [0.05, 0.1) is 31.7 Å². The molecule has 10 atom stereocenters. The fourth-order valence-corrected chi connectivity index (χ4v) is 4.10. The lowest BCUT2D eigenvalue weighted by atomic mass is 9.83. The Kier molecular flexibility index (Phi) is 6.06. The largest absolute Gasteiger partial charge is 0.472 e. The molecule has 2 aliphatic heterocycles. The van der Waals surface area contributed by atoms with Gasteiger partial charge in [-0.2, -0.15) is 0 Å². The minimum Gasteiger partial charge on any atom is -0.472 e. The number of carbonyl (C=O) groups is 1. The summed E-state index contributed by atoms with van der Waals surface area (Å²) in [4.78, 5) is 12.0. The highest BCUT2D eigenvalue weighted by atomic mass is 16.8. The van der Waals surface area contributed by atoms with Crippen LogP contribution in [0.1, 0.15) is 13.3 Å². The van der Waals surface area contributed by atoms with Crippen LogP contribution in [0.15, 0.2) is 11.8 Å². The molecule has 3 aliphatic rings. The average molecular weight is 390 g/mol. The summed E-state index contributed by atoms with van der Waals surface area (Å²) in [5.41, 5.74) is 0.291. The number of aliphatic hydroxyl groups is 5. The smallest absolute Gasteiger partial charge is 0.337 e. The minimum atomic E-state index is -1.58. The van der Waals surface area contributed by atoms with Crippen LogP contribution in [0.5, 0.6) is 0 Å². The molecule has 27 heavy (non-hydrogen) atoms. The Labute approximate surface area is 155 Å². The van der Waals surface area contributed by atoms with Gasteiger partial charge in [0.1, 0.15) is 24.4 Å². The molecule has 1 saturated heterocycles. The molecule has 0 unspecified atom stereocenters. The first-order valence-electron chi connectivity index (χ1n) is 8.88. The fraction of sp³-hybridized carbons (Fsp3) is 0.824. The van der Waals surface area contributed by atoms with Gasteiger partial charge in [0.2, 0.25) is 6.29 Å². The zero-order valence-corrected chi connectivity index (χ0v) is 15.0. The van der Waals surface area contributed by atoms with Gasteiger partial charge in [0.25, 0.3) is 0 Å². The zero-order valence-electron chi connectivity index (χ0n) is 15.0. The van der Waals surface area contributed by atoms with Crippen LogP contribution in [0.25, 0.3) is 0 Å². The van der Waals surface area contributed by atoms with E-state index < -0.39 is 61.6 Å². The van der Waals surface area contributed by atoms with Crippen molar-refractivity contribution in [1.82, 2.24) is 0 Å². The molecule has 1 aliphatic carbocycles. The molecule has 2 heterocycles. The molecule has 1 saturated carbocycles. The summed E-state index contributed by atoms with van der Waals surface area (Å²) in [5, 5.41) is 49.4. The van der Waals surface area contributed by atoms with Crippen LogP contribution >= 0.6 is 0 Å². The van der Waals surface area contributed by atoms with Crippen LogP contribution in [-0.4, -0.2) is 88.3 Å². The standard InChI is InChI=1S/C17H26O10/c1-6-9(19)3-7-8(15(23)24-2)5-25-16(11(6)7)27-17-14(22)13(21)12(20)10(4-18)26-17/h5-7,9-14,16-22H,3-4H2,1-2H3/t6-,7+,9+,10-,11-,12-,13+,14-,16+,17+/m1/s1. The van der Waals surface area contributed by atoms with E-state index in [1.165, 1.54) is 13.4 Å². The van der Waals surface area contributed by atoms with Crippen molar-refractivity contribution >= 4 is 5.97 Å². The minimum absolute atomic E-state index is 0.279. The summed E-state index contributed by atoms with van der Waals surface area (Å²) in [5.74, 6) is -1.63. The molecule has 0 amide bonds. The van der Waals surface area contributed by atoms with Crippen LogP contribution in [0.3, 0.4) is 0 Å². The summed E-state index contributed by atoms with van der Waals surface area (Å²) in [6.07, 6.45) is -7.25. The highest BCUT2D eigenvalue weighted by Gasteiger charge is 2.53. The molecule has 0 spiro atoms. The van der Waals surface area contributed by atoms with Crippen LogP contribution in [-0.2, 0) is 23.7 Å². The van der Waals surface area contributed by atoms with E-state index >= 15 is 0 Å². The van der Waals surface area contributed by atoms with Crippen molar-refractivity contribution in [3.8, 4) is 0 Å². The molecule has 0 aromatic carbocycles. The maximum absolute atomic E-state index is 12.0. The maximum Gasteiger partial charge on any atom is 0.337 e. The Bertz CT molecular complexity index is 578. The van der Waals surface area contributed by atoms with E-state index in [-0.39, 0.29) is 11.8 Å². The summed E-state index contributed by atoms with van der Waals surface area (Å²) >= 11 is 0. The average Bonchev–Trinajstić information content (AvgIpc) is 2.96. The molecule has 10 nitrogen and oxygen atoms in total. The number of fused-ring (bicyclic) bond motifs is 1. The maximum atomic E-state index is 12.0. The molecule has 0 radical (unpaired) electrons. The summed E-state index contributed by atoms with van der Waals surface area (Å²) in [6, 6.07) is 0. The predicted molar refractivity (Wildman–Crippen MR) is 86.6 cm³/mol. The highest BCUT2D eigenvalue weighted by Crippen LogP contribution is 2.47. The van der Waals surface area contributed by atoms with Gasteiger partial charge in [0.15, 0.2) is 6.29 Å². The quantitative estimate of drug-likeness (QED) is 0.336. The number of ether oxygens (including phenoxy) is 4. The monoisotopic (exact) mass is 390 g/mol. The third-order valence-corrected chi connectivity index (χ3v) is 5.75. The first-order valence-corrected chi connectivity index (χ1v) is 8.88. The third-order valence-electron chi connectivity index (χ3n) is 5.75. The molecule has 0 bridgehead atoms. The normalized spacial score (nSPS) is 47.0. The molecule has 0 aromatic heterocycles. The number of methoxy groups -OCH3 is 1. The zero-order chi connectivity index (χ0) is 19.9. The number of rotatable bonds is 4. The van der Waals surface area contributed by atoms with E-state index in [1.54, 1.807) is 6.92 Å². The van der Waals surface area contributed by atoms with Crippen LogP contribution in [0, 0.1) is 17.8 Å². The molecule has 0 aromatic rings. The molecular formula is C17H26O10. The van der Waals surface area contributed by atoms with E-state index in [0.29, 0.717) is 12.0 Å². The van der Waals surface area contributed by atoms with E-state index in [0.717, 1.165) is 0 Å². The van der Waals surface area contributed by atoms with Gasteiger partial charge in [-0.3, -0.25) is 0 Å². The second-order valence-electron chi connectivity index (χ2n) is 7.25. The van der Waals surface area contributed by atoms with Crippen molar-refractivity contribution in [2.24, 2.45) is 17.8 Å². The Hall–Kier alpha value is -1.27. The lowest BCUT2D eigenvalue weighted by Crippen LogP contribution is -2.60. The van der Waals surface area contributed by atoms with Crippen molar-refractivity contribution in [3.63, 3.8) is 0 Å². The second kappa shape index (κ2) is 8.00. The predicted octanol–water partition coefficient (Wildman–Crippen LogP) is -2.15. The van der Waals surface area contributed by atoms with Gasteiger partial charge in [-0.25, -0.2) is 4.79 Å². The van der Waals surface area contributed by atoms with Crippen LogP contribution in [0.4, 0.5) is 0 Å². The van der Waals surface area contributed by atoms with Gasteiger partial charge >= 0.3 is 5.97 Å². The number of hydrogen-bond acceptors (Lipinski definition) is 10. The van der Waals surface area contributed by atoms with Crippen LogP contribution < -0.4 is 0 Å². The Morgan fingerprint density at radius 3 is 2.52 bits per heavy atom. The van der Waals surface area contributed by atoms with Gasteiger partial charge in [-0.05, 0) is 12.3 Å². The number of esters is 1. The first kappa shape index (κ1) is 20.5. The second-order valence-corrected chi connectivity index (χ2v) is 7.25. The summed E-state index contributed by atoms with van der Waals surface area (Å²) < 4.78 is 21.4. The lowest BCUT2D eigenvalue weighted by Gasteiger charge is -2.43. The van der Waals surface area contributed by atoms with Crippen molar-refractivity contribution in [2.45, 2.75) is 56.4 Å². The fourth-order valence-electron chi connectivity index (χ4n) is 4.10. The first-order chi connectivity index (χ1) is 12.8. The molecule has 10 heteroatoms. The van der Waals surface area contributed by atoms with Crippen molar-refractivity contribution in [1.29, 1.82) is 0 Å². The number of carbonyl (C=O) groups excluding carboxylic acids is 1. The number of hydrogen-bond donors (Lipinski definition) is 5. The van der Waals surface area contributed by atoms with E-state index in [2.05, 4.69) is 0 Å². The van der Waals surface area contributed by atoms with Crippen molar-refractivity contribution in [3.05, 3.63) is 11.8 Å². The Balaban J connectivity index is 1.80. The molecule has 5 N–H and O–H groups in total. The highest BCUT2D eigenvalue weighted by molar-refractivity contribution is 5.89. The molecule has 154 valence electrons. The van der Waals surface area contributed by atoms with Crippen molar-refractivity contribution in [2.75, 3.05) is 13.7 Å². The van der Waals surface area contributed by atoms with Gasteiger partial charge in [0, 0.05) is 11.8 Å². The van der Waals surface area contributed by atoms with Crippen LogP contribution in [0.2, 0.25) is 0 Å². The van der Waals surface area contributed by atoms with Gasteiger partial charge in [-0.15, -0.1) is 0 Å². The molecular weight excluding hydrogens is 364 g/mol. The van der Waals surface area contributed by atoms with Gasteiger partial charge in [-0.1, -0.05) is 6.92 Å². The van der Waals surface area contributed by atoms with Crippen molar-refractivity contribution < 1.29 is 49.3 Å². The number of aliphatic hydroxyl groups excluding tert-OH is 5. The SMILES string of the molecule is COC(=O)C1=CO[C@@H](O[C@@H]2O[C@H](CO)[C@@H](O)[C@H](O)[C@H]2O)[C@@H]2[C@H](C)[C@@H](O)C[C@@H]12. The Morgan fingerprint density at radius 1 is 1.19 bits per heavy atom. The third kappa shape index (κ3) is 3.58. The molecule has 2 fully saturated rings. The molecule has 3 rings (SSSR count). The van der Waals surface area contributed by atoms with E-state index in [4.69, 9.17) is 18.9 Å². The Morgan fingerprint density at radius 2 is 1.89 bits per heavy atom. The van der Waals surface area contributed by atoms with E-state index in [9.17, 15) is 30.3 Å².